The van der Waals surface area contributed by atoms with Crippen LogP contribution in [0.4, 0.5) is 23.5 Å². The Morgan fingerprint density at radius 1 is 0.556 bits per heavy atom. The van der Waals surface area contributed by atoms with Crippen LogP contribution in [0.5, 0.6) is 0 Å². The van der Waals surface area contributed by atoms with Crippen molar-refractivity contribution in [1.82, 2.24) is 39.0 Å². The van der Waals surface area contributed by atoms with Gasteiger partial charge in [0.05, 0.1) is 36.9 Å². The third-order valence-electron chi connectivity index (χ3n) is 9.23. The van der Waals surface area contributed by atoms with E-state index in [1.54, 1.807) is 26.5 Å². The Kier molecular flexibility index (Phi) is 13.7. The van der Waals surface area contributed by atoms with E-state index in [1.165, 1.54) is 0 Å². The standard InChI is InChI=1S/2C20H28N6O/c2*1-5-16(14(4)27)23-20-24-18(21-11-15-9-7-6-8-10-15)17-19(25-20)26(12-22-17)13(2)3/h2*6-10,12-14,16,27H,5,11H2,1-4H3,(H2,21,23,24,25)/t14?,16-;14-,16+/m11/s1. The number of hydrogen-bond donors (Lipinski definition) is 6. The summed E-state index contributed by atoms with van der Waals surface area (Å²) in [5.41, 5.74) is 5.37. The van der Waals surface area contributed by atoms with E-state index in [0.29, 0.717) is 36.6 Å². The van der Waals surface area contributed by atoms with Gasteiger partial charge in [0.2, 0.25) is 11.9 Å². The van der Waals surface area contributed by atoms with Gasteiger partial charge in [-0.1, -0.05) is 74.5 Å². The number of imidazole rings is 2. The lowest BCUT2D eigenvalue weighted by Gasteiger charge is -2.20. The van der Waals surface area contributed by atoms with Crippen LogP contribution in [0.3, 0.4) is 0 Å². The summed E-state index contributed by atoms with van der Waals surface area (Å²) in [6, 6.07) is 20.6. The topological polar surface area (TPSA) is 176 Å². The van der Waals surface area contributed by atoms with Gasteiger partial charge in [-0.2, -0.15) is 19.9 Å². The molecule has 0 aliphatic carbocycles. The molecule has 0 aliphatic heterocycles. The molecule has 0 saturated heterocycles. The maximum Gasteiger partial charge on any atom is 0.227 e. The molecule has 0 bridgehead atoms. The summed E-state index contributed by atoms with van der Waals surface area (Å²) >= 11 is 0. The Labute approximate surface area is 317 Å². The number of anilines is 4. The number of aromatic nitrogens is 8. The zero-order chi connectivity index (χ0) is 38.8. The van der Waals surface area contributed by atoms with Crippen LogP contribution in [0.2, 0.25) is 0 Å². The van der Waals surface area contributed by atoms with Gasteiger partial charge in [0.15, 0.2) is 34.0 Å². The largest absolute Gasteiger partial charge is 0.391 e. The van der Waals surface area contributed by atoms with Gasteiger partial charge in [0.25, 0.3) is 0 Å². The van der Waals surface area contributed by atoms with Crippen molar-refractivity contribution >= 4 is 45.9 Å². The molecule has 0 aliphatic rings. The van der Waals surface area contributed by atoms with Gasteiger partial charge in [-0.3, -0.25) is 0 Å². The second kappa shape index (κ2) is 18.6. The normalized spacial score (nSPS) is 13.7. The highest BCUT2D eigenvalue weighted by Gasteiger charge is 2.20. The van der Waals surface area contributed by atoms with E-state index in [4.69, 9.17) is 0 Å². The molecular weight excluding hydrogens is 681 g/mol. The first kappa shape index (κ1) is 39.9. The molecule has 288 valence electrons. The van der Waals surface area contributed by atoms with Crippen molar-refractivity contribution in [2.24, 2.45) is 0 Å². The summed E-state index contributed by atoms with van der Waals surface area (Å²) in [5, 5.41) is 33.2. The molecule has 54 heavy (non-hydrogen) atoms. The number of hydrogen-bond acceptors (Lipinski definition) is 12. The Hall–Kier alpha value is -5.34. The fourth-order valence-electron chi connectivity index (χ4n) is 5.99. The van der Waals surface area contributed by atoms with E-state index < -0.39 is 12.2 Å². The molecule has 1 unspecified atom stereocenters. The highest BCUT2D eigenvalue weighted by atomic mass is 16.3. The second-order valence-corrected chi connectivity index (χ2v) is 14.1. The minimum atomic E-state index is -0.495. The molecule has 0 amide bonds. The highest BCUT2D eigenvalue weighted by Crippen LogP contribution is 2.26. The highest BCUT2D eigenvalue weighted by molar-refractivity contribution is 5.85. The Balaban J connectivity index is 0.000000208. The van der Waals surface area contributed by atoms with Crippen molar-refractivity contribution in [3.05, 3.63) is 84.4 Å². The van der Waals surface area contributed by atoms with E-state index in [9.17, 15) is 10.2 Å². The number of aliphatic hydroxyl groups is 2. The number of fused-ring (bicyclic) bond motifs is 2. The second-order valence-electron chi connectivity index (χ2n) is 14.1. The van der Waals surface area contributed by atoms with Crippen LogP contribution >= 0.6 is 0 Å². The van der Waals surface area contributed by atoms with Gasteiger partial charge >= 0.3 is 0 Å². The maximum absolute atomic E-state index is 9.96. The Morgan fingerprint density at radius 2 is 0.926 bits per heavy atom. The lowest BCUT2D eigenvalue weighted by atomic mass is 10.1. The quantitative estimate of drug-likeness (QED) is 0.0591. The van der Waals surface area contributed by atoms with Gasteiger partial charge in [-0.05, 0) is 65.5 Å². The molecule has 0 fully saturated rings. The molecule has 0 radical (unpaired) electrons. The van der Waals surface area contributed by atoms with Crippen LogP contribution in [-0.4, -0.2) is 73.5 Å². The first-order valence-electron chi connectivity index (χ1n) is 18.9. The predicted molar refractivity (Wildman–Crippen MR) is 218 cm³/mol. The molecule has 0 spiro atoms. The van der Waals surface area contributed by atoms with Gasteiger partial charge in [0, 0.05) is 25.2 Å². The molecular formula is C40H56N12O2. The lowest BCUT2D eigenvalue weighted by Crippen LogP contribution is -2.31. The summed E-state index contributed by atoms with van der Waals surface area (Å²) in [6.07, 6.45) is 4.15. The smallest absolute Gasteiger partial charge is 0.227 e. The van der Waals surface area contributed by atoms with Crippen LogP contribution in [-0.2, 0) is 13.1 Å². The number of benzene rings is 2. The summed E-state index contributed by atoms with van der Waals surface area (Å²) in [7, 11) is 0. The van der Waals surface area contributed by atoms with E-state index >= 15 is 0 Å². The number of nitrogens with one attached hydrogen (secondary N) is 4. The molecule has 0 saturated carbocycles. The van der Waals surface area contributed by atoms with Crippen molar-refractivity contribution in [3.8, 4) is 0 Å². The van der Waals surface area contributed by atoms with E-state index in [0.717, 1.165) is 46.3 Å². The van der Waals surface area contributed by atoms with Gasteiger partial charge in [-0.15, -0.1) is 0 Å². The number of aliphatic hydroxyl groups excluding tert-OH is 2. The average Bonchev–Trinajstić information content (AvgIpc) is 3.80. The van der Waals surface area contributed by atoms with Crippen molar-refractivity contribution in [1.29, 1.82) is 0 Å². The van der Waals surface area contributed by atoms with Crippen molar-refractivity contribution in [3.63, 3.8) is 0 Å². The molecule has 4 heterocycles. The molecule has 6 aromatic rings. The van der Waals surface area contributed by atoms with E-state index in [1.807, 2.05) is 59.4 Å². The van der Waals surface area contributed by atoms with Crippen molar-refractivity contribution in [2.75, 3.05) is 21.3 Å². The third kappa shape index (κ3) is 9.99. The van der Waals surface area contributed by atoms with Crippen LogP contribution in [0.25, 0.3) is 22.3 Å². The van der Waals surface area contributed by atoms with E-state index in [2.05, 4.69) is 103 Å². The first-order chi connectivity index (χ1) is 26.0. The monoisotopic (exact) mass is 736 g/mol. The molecule has 2 aromatic carbocycles. The number of rotatable bonds is 16. The average molecular weight is 737 g/mol. The summed E-state index contributed by atoms with van der Waals surface area (Å²) < 4.78 is 4.05. The molecule has 4 aromatic heterocycles. The number of nitrogens with zero attached hydrogens (tertiary/aromatic N) is 8. The molecule has 14 nitrogen and oxygen atoms in total. The lowest BCUT2D eigenvalue weighted by molar-refractivity contribution is 0.169. The third-order valence-corrected chi connectivity index (χ3v) is 9.23. The minimum absolute atomic E-state index is 0.111. The van der Waals surface area contributed by atoms with E-state index in [-0.39, 0.29) is 24.2 Å². The van der Waals surface area contributed by atoms with Gasteiger partial charge in [0.1, 0.15) is 0 Å². The van der Waals surface area contributed by atoms with Crippen molar-refractivity contribution in [2.45, 2.75) is 118 Å². The van der Waals surface area contributed by atoms with Gasteiger partial charge in [-0.25, -0.2) is 9.97 Å². The summed E-state index contributed by atoms with van der Waals surface area (Å²) in [6.45, 7) is 17.3. The van der Waals surface area contributed by atoms with Crippen LogP contribution in [0.15, 0.2) is 73.3 Å². The minimum Gasteiger partial charge on any atom is -0.391 e. The predicted octanol–water partition coefficient (Wildman–Crippen LogP) is 7.18. The fraction of sp³-hybridized carbons (Fsp3) is 0.450. The van der Waals surface area contributed by atoms with Crippen molar-refractivity contribution < 1.29 is 10.2 Å². The molecule has 6 N–H and O–H groups in total. The molecule has 6 rings (SSSR count). The van der Waals surface area contributed by atoms with Gasteiger partial charge < -0.3 is 40.6 Å². The fourth-order valence-corrected chi connectivity index (χ4v) is 5.99. The first-order valence-corrected chi connectivity index (χ1v) is 18.9. The molecule has 14 heteroatoms. The molecule has 4 atom stereocenters. The Bertz CT molecular complexity index is 1900. The SMILES string of the molecule is CC[C@@H](Nc1nc(NCc2ccccc2)c2ncn(C(C)C)c2n1)C(C)O.CC[C@H](Nc1nc(NCc2ccccc2)c2ncn(C(C)C)c2n1)[C@@H](C)O. The van der Waals surface area contributed by atoms with Crippen LogP contribution < -0.4 is 21.3 Å². The summed E-state index contributed by atoms with van der Waals surface area (Å²) in [5.74, 6) is 2.36. The Morgan fingerprint density at radius 3 is 1.24 bits per heavy atom. The zero-order valence-corrected chi connectivity index (χ0v) is 32.7. The van der Waals surface area contributed by atoms with Crippen LogP contribution in [0.1, 0.15) is 91.4 Å². The van der Waals surface area contributed by atoms with Crippen LogP contribution in [0, 0.1) is 0 Å². The zero-order valence-electron chi connectivity index (χ0n) is 32.7. The summed E-state index contributed by atoms with van der Waals surface area (Å²) in [4.78, 5) is 27.7. The maximum atomic E-state index is 9.96.